The monoisotopic (exact) mass is 216 g/mol. The molecule has 15 heavy (non-hydrogen) atoms. The van der Waals surface area contributed by atoms with E-state index < -0.39 is 0 Å². The zero-order valence-electron chi connectivity index (χ0n) is 8.34. The summed E-state index contributed by atoms with van der Waals surface area (Å²) in [5.74, 6) is 1.80. The van der Waals surface area contributed by atoms with Gasteiger partial charge in [0.1, 0.15) is 0 Å². The van der Waals surface area contributed by atoms with Gasteiger partial charge in [-0.25, -0.2) is 0 Å². The van der Waals surface area contributed by atoms with Crippen molar-refractivity contribution >= 4 is 11.8 Å². The highest BCUT2D eigenvalue weighted by Crippen LogP contribution is 2.39. The Morgan fingerprint density at radius 2 is 2.27 bits per heavy atom. The average molecular weight is 216 g/mol. The van der Waals surface area contributed by atoms with Crippen molar-refractivity contribution in [3.8, 4) is 0 Å². The minimum atomic E-state index is 0.617. The molecule has 0 amide bonds. The molecule has 0 saturated heterocycles. The van der Waals surface area contributed by atoms with E-state index in [2.05, 4.69) is 29.4 Å². The van der Waals surface area contributed by atoms with Crippen LogP contribution < -0.4 is 0 Å². The lowest BCUT2D eigenvalue weighted by atomic mass is 10.0. The first-order valence-corrected chi connectivity index (χ1v) is 6.11. The summed E-state index contributed by atoms with van der Waals surface area (Å²) in [7, 11) is 0. The fraction of sp³-hybridized carbons (Fsp3) is 0.250. The van der Waals surface area contributed by atoms with E-state index in [0.717, 1.165) is 6.54 Å². The maximum atomic E-state index is 4.26. The average Bonchev–Trinajstić information content (AvgIpc) is 2.89. The van der Waals surface area contributed by atoms with Crippen LogP contribution >= 0.6 is 11.8 Å². The topological polar surface area (TPSA) is 17.8 Å². The highest BCUT2D eigenvalue weighted by Gasteiger charge is 2.22. The van der Waals surface area contributed by atoms with Crippen LogP contribution in [0.3, 0.4) is 0 Å². The molecule has 1 atom stereocenters. The second-order valence-electron chi connectivity index (χ2n) is 3.77. The maximum absolute atomic E-state index is 4.26. The molecule has 1 unspecified atom stereocenters. The SMILES string of the molecule is c1ccc2c(c1)SCC2Cn1cccn1. The molecular weight excluding hydrogens is 204 g/mol. The summed E-state index contributed by atoms with van der Waals surface area (Å²) in [6, 6.07) is 10.7. The van der Waals surface area contributed by atoms with Crippen LogP contribution in [0.15, 0.2) is 47.6 Å². The van der Waals surface area contributed by atoms with Crippen molar-refractivity contribution in [3.05, 3.63) is 48.3 Å². The molecule has 1 aromatic heterocycles. The molecule has 0 spiro atoms. The predicted octanol–water partition coefficient (Wildman–Crippen LogP) is 2.77. The molecule has 0 N–H and O–H groups in total. The van der Waals surface area contributed by atoms with Gasteiger partial charge in [0.25, 0.3) is 0 Å². The van der Waals surface area contributed by atoms with Gasteiger partial charge in [-0.15, -0.1) is 11.8 Å². The number of hydrogen-bond donors (Lipinski definition) is 0. The summed E-state index contributed by atoms with van der Waals surface area (Å²) in [4.78, 5) is 1.44. The van der Waals surface area contributed by atoms with Gasteiger partial charge in [-0.1, -0.05) is 18.2 Å². The summed E-state index contributed by atoms with van der Waals surface area (Å²) in [5, 5.41) is 4.26. The third kappa shape index (κ3) is 1.67. The van der Waals surface area contributed by atoms with Crippen LogP contribution in [0.25, 0.3) is 0 Å². The Kier molecular flexibility index (Phi) is 2.25. The van der Waals surface area contributed by atoms with Crippen molar-refractivity contribution < 1.29 is 0 Å². The van der Waals surface area contributed by atoms with Crippen LogP contribution in [0.4, 0.5) is 0 Å². The molecule has 3 heteroatoms. The van der Waals surface area contributed by atoms with Gasteiger partial charge in [0.15, 0.2) is 0 Å². The highest BCUT2D eigenvalue weighted by atomic mass is 32.2. The van der Waals surface area contributed by atoms with Crippen molar-refractivity contribution in [2.45, 2.75) is 17.4 Å². The number of aromatic nitrogens is 2. The first-order valence-electron chi connectivity index (χ1n) is 5.12. The summed E-state index contributed by atoms with van der Waals surface area (Å²) in [6.07, 6.45) is 3.87. The van der Waals surface area contributed by atoms with Gasteiger partial charge in [0.05, 0.1) is 0 Å². The lowest BCUT2D eigenvalue weighted by molar-refractivity contribution is 0.549. The van der Waals surface area contributed by atoms with E-state index in [1.54, 1.807) is 0 Å². The van der Waals surface area contributed by atoms with Gasteiger partial charge < -0.3 is 0 Å². The third-order valence-corrected chi connectivity index (χ3v) is 4.02. The molecule has 2 heterocycles. The Balaban J connectivity index is 1.85. The van der Waals surface area contributed by atoms with Gasteiger partial charge >= 0.3 is 0 Å². The summed E-state index contributed by atoms with van der Waals surface area (Å²) < 4.78 is 2.02. The molecule has 2 nitrogen and oxygen atoms in total. The van der Waals surface area contributed by atoms with Gasteiger partial charge in [-0.2, -0.15) is 5.10 Å². The van der Waals surface area contributed by atoms with Crippen LogP contribution in [0, 0.1) is 0 Å². The number of nitrogens with zero attached hydrogens (tertiary/aromatic N) is 2. The normalized spacial score (nSPS) is 19.1. The molecule has 1 aromatic carbocycles. The molecule has 0 saturated carbocycles. The Morgan fingerprint density at radius 3 is 3.13 bits per heavy atom. The molecule has 1 aliphatic rings. The Bertz CT molecular complexity index is 450. The van der Waals surface area contributed by atoms with Crippen molar-refractivity contribution in [1.29, 1.82) is 0 Å². The van der Waals surface area contributed by atoms with Crippen LogP contribution in [-0.2, 0) is 6.54 Å². The number of fused-ring (bicyclic) bond motifs is 1. The van der Waals surface area contributed by atoms with Crippen molar-refractivity contribution in [2.24, 2.45) is 0 Å². The number of hydrogen-bond acceptors (Lipinski definition) is 2. The molecule has 0 radical (unpaired) electrons. The van der Waals surface area contributed by atoms with E-state index in [0.29, 0.717) is 5.92 Å². The molecule has 0 aliphatic carbocycles. The van der Waals surface area contributed by atoms with Gasteiger partial charge in [-0.05, 0) is 17.7 Å². The van der Waals surface area contributed by atoms with Gasteiger partial charge in [-0.3, -0.25) is 4.68 Å². The standard InChI is InChI=1S/C12H12N2S/c1-2-5-12-11(4-1)10(9-15-12)8-14-7-3-6-13-14/h1-7,10H,8-9H2. The molecule has 0 bridgehead atoms. The molecule has 0 fully saturated rings. The Hall–Kier alpha value is -1.22. The minimum absolute atomic E-state index is 0.617. The fourth-order valence-electron chi connectivity index (χ4n) is 2.01. The molecular formula is C12H12N2S. The fourth-order valence-corrected chi connectivity index (χ4v) is 3.26. The van der Waals surface area contributed by atoms with E-state index >= 15 is 0 Å². The second kappa shape index (κ2) is 3.74. The third-order valence-electron chi connectivity index (χ3n) is 2.77. The quantitative estimate of drug-likeness (QED) is 0.768. The van der Waals surface area contributed by atoms with Crippen LogP contribution in [0.5, 0.6) is 0 Å². The lowest BCUT2D eigenvalue weighted by Gasteiger charge is -2.10. The zero-order valence-corrected chi connectivity index (χ0v) is 9.15. The van der Waals surface area contributed by atoms with Crippen LogP contribution in [-0.4, -0.2) is 15.5 Å². The van der Waals surface area contributed by atoms with Gasteiger partial charge in [0.2, 0.25) is 0 Å². The lowest BCUT2D eigenvalue weighted by Crippen LogP contribution is -2.08. The maximum Gasteiger partial charge on any atom is 0.0489 e. The first kappa shape index (κ1) is 9.04. The van der Waals surface area contributed by atoms with E-state index in [-0.39, 0.29) is 0 Å². The van der Waals surface area contributed by atoms with Crippen LogP contribution in [0.2, 0.25) is 0 Å². The van der Waals surface area contributed by atoms with Crippen molar-refractivity contribution in [3.63, 3.8) is 0 Å². The highest BCUT2D eigenvalue weighted by molar-refractivity contribution is 7.99. The van der Waals surface area contributed by atoms with Crippen LogP contribution in [0.1, 0.15) is 11.5 Å². The molecule has 76 valence electrons. The Morgan fingerprint density at radius 1 is 1.33 bits per heavy atom. The zero-order chi connectivity index (χ0) is 10.1. The minimum Gasteiger partial charge on any atom is -0.272 e. The summed E-state index contributed by atoms with van der Waals surface area (Å²) in [6.45, 7) is 0.997. The summed E-state index contributed by atoms with van der Waals surface area (Å²) >= 11 is 1.96. The largest absolute Gasteiger partial charge is 0.272 e. The van der Waals surface area contributed by atoms with Crippen molar-refractivity contribution in [1.82, 2.24) is 9.78 Å². The molecule has 1 aliphatic heterocycles. The first-order chi connectivity index (χ1) is 7.43. The number of rotatable bonds is 2. The molecule has 2 aromatic rings. The number of thioether (sulfide) groups is 1. The van der Waals surface area contributed by atoms with E-state index in [4.69, 9.17) is 0 Å². The smallest absolute Gasteiger partial charge is 0.0489 e. The predicted molar refractivity (Wildman–Crippen MR) is 62.1 cm³/mol. The molecule has 3 rings (SSSR count). The van der Waals surface area contributed by atoms with E-state index in [1.807, 2.05) is 34.9 Å². The van der Waals surface area contributed by atoms with E-state index in [1.165, 1.54) is 16.2 Å². The Labute approximate surface area is 93.3 Å². The second-order valence-corrected chi connectivity index (χ2v) is 4.84. The van der Waals surface area contributed by atoms with Gasteiger partial charge in [0, 0.05) is 35.5 Å². The summed E-state index contributed by atoms with van der Waals surface area (Å²) in [5.41, 5.74) is 1.48. The van der Waals surface area contributed by atoms with E-state index in [9.17, 15) is 0 Å². The number of benzene rings is 1. The van der Waals surface area contributed by atoms with Crippen molar-refractivity contribution in [2.75, 3.05) is 5.75 Å².